The van der Waals surface area contributed by atoms with E-state index < -0.39 is 0 Å². The van der Waals surface area contributed by atoms with E-state index in [1.807, 2.05) is 6.08 Å². The minimum Gasteiger partial charge on any atom is -0.0985 e. The summed E-state index contributed by atoms with van der Waals surface area (Å²) >= 11 is 3.45. The van der Waals surface area contributed by atoms with Gasteiger partial charge in [-0.05, 0) is 25.3 Å². The molecule has 0 aliphatic carbocycles. The van der Waals surface area contributed by atoms with Crippen LogP contribution in [0.1, 0.15) is 64.7 Å². The summed E-state index contributed by atoms with van der Waals surface area (Å²) in [5.74, 6) is 6.30. The fourth-order valence-electron chi connectivity index (χ4n) is 1.46. The summed E-state index contributed by atoms with van der Waals surface area (Å²) in [7, 11) is 0. The average molecular weight is 285 g/mol. The lowest BCUT2D eigenvalue weighted by molar-refractivity contribution is 0.616. The first-order chi connectivity index (χ1) is 7.91. The van der Waals surface area contributed by atoms with Gasteiger partial charge in [-0.3, -0.25) is 0 Å². The van der Waals surface area contributed by atoms with Gasteiger partial charge in [-0.25, -0.2) is 0 Å². The average Bonchev–Trinajstić information content (AvgIpc) is 2.31. The van der Waals surface area contributed by atoms with Gasteiger partial charge in [0.05, 0.1) is 0 Å². The Morgan fingerprint density at radius 3 is 2.38 bits per heavy atom. The quantitative estimate of drug-likeness (QED) is 0.299. The molecular formula is C15H25Br. The van der Waals surface area contributed by atoms with Crippen molar-refractivity contribution in [2.45, 2.75) is 64.7 Å². The van der Waals surface area contributed by atoms with Crippen molar-refractivity contribution in [2.24, 2.45) is 0 Å². The zero-order valence-corrected chi connectivity index (χ0v) is 12.2. The second-order valence-electron chi connectivity index (χ2n) is 4.07. The first-order valence-electron chi connectivity index (χ1n) is 6.61. The number of halogens is 1. The SMILES string of the molecule is CCCC=CC#CCCCCCCCCBr. The molecule has 92 valence electrons. The van der Waals surface area contributed by atoms with Crippen LogP contribution in [0.3, 0.4) is 0 Å². The van der Waals surface area contributed by atoms with Gasteiger partial charge in [0.2, 0.25) is 0 Å². The smallest absolute Gasteiger partial charge is 0.00922 e. The van der Waals surface area contributed by atoms with Gasteiger partial charge in [-0.1, -0.05) is 72.9 Å². The normalized spacial score (nSPS) is 10.4. The van der Waals surface area contributed by atoms with E-state index in [-0.39, 0.29) is 0 Å². The van der Waals surface area contributed by atoms with Gasteiger partial charge >= 0.3 is 0 Å². The van der Waals surface area contributed by atoms with E-state index in [4.69, 9.17) is 0 Å². The van der Waals surface area contributed by atoms with Crippen molar-refractivity contribution < 1.29 is 0 Å². The van der Waals surface area contributed by atoms with Crippen molar-refractivity contribution in [3.05, 3.63) is 12.2 Å². The van der Waals surface area contributed by atoms with Crippen molar-refractivity contribution in [1.82, 2.24) is 0 Å². The maximum Gasteiger partial charge on any atom is 0.00922 e. The van der Waals surface area contributed by atoms with Crippen molar-refractivity contribution in [2.75, 3.05) is 5.33 Å². The molecule has 0 saturated heterocycles. The van der Waals surface area contributed by atoms with E-state index in [0.29, 0.717) is 0 Å². The summed E-state index contributed by atoms with van der Waals surface area (Å²) in [6, 6.07) is 0. The summed E-state index contributed by atoms with van der Waals surface area (Å²) in [6.45, 7) is 2.19. The third-order valence-corrected chi connectivity index (χ3v) is 3.00. The molecule has 0 bridgehead atoms. The second kappa shape index (κ2) is 14.8. The Balaban J connectivity index is 3.13. The van der Waals surface area contributed by atoms with Gasteiger partial charge in [-0.2, -0.15) is 0 Å². The topological polar surface area (TPSA) is 0 Å². The largest absolute Gasteiger partial charge is 0.0985 e. The highest BCUT2D eigenvalue weighted by molar-refractivity contribution is 9.09. The van der Waals surface area contributed by atoms with Crippen LogP contribution in [0, 0.1) is 11.8 Å². The van der Waals surface area contributed by atoms with Crippen LogP contribution in [0.25, 0.3) is 0 Å². The first-order valence-corrected chi connectivity index (χ1v) is 7.73. The molecule has 16 heavy (non-hydrogen) atoms. The summed E-state index contributed by atoms with van der Waals surface area (Å²) in [5.41, 5.74) is 0. The Kier molecular flexibility index (Phi) is 14.6. The molecule has 0 aromatic rings. The Bertz CT molecular complexity index is 207. The molecule has 1 heteroatoms. The number of rotatable bonds is 9. The number of allylic oxidation sites excluding steroid dienone is 2. The van der Waals surface area contributed by atoms with Gasteiger partial charge < -0.3 is 0 Å². The Morgan fingerprint density at radius 2 is 1.69 bits per heavy atom. The molecule has 0 nitrogen and oxygen atoms in total. The minimum atomic E-state index is 1.06. The van der Waals surface area contributed by atoms with E-state index in [1.54, 1.807) is 0 Å². The van der Waals surface area contributed by atoms with E-state index in [2.05, 4.69) is 40.8 Å². The van der Waals surface area contributed by atoms with E-state index in [9.17, 15) is 0 Å². The lowest BCUT2D eigenvalue weighted by atomic mass is 10.1. The van der Waals surface area contributed by atoms with Crippen molar-refractivity contribution in [1.29, 1.82) is 0 Å². The number of unbranched alkanes of at least 4 members (excludes halogenated alkanes) is 7. The number of hydrogen-bond acceptors (Lipinski definition) is 0. The maximum atomic E-state index is 3.45. The molecule has 0 rings (SSSR count). The van der Waals surface area contributed by atoms with Crippen LogP contribution < -0.4 is 0 Å². The fraction of sp³-hybridized carbons (Fsp3) is 0.733. The summed E-state index contributed by atoms with van der Waals surface area (Å²) in [6.07, 6.45) is 15.7. The third-order valence-electron chi connectivity index (χ3n) is 2.44. The second-order valence-corrected chi connectivity index (χ2v) is 4.87. The highest BCUT2D eigenvalue weighted by atomic mass is 79.9. The van der Waals surface area contributed by atoms with E-state index >= 15 is 0 Å². The van der Waals surface area contributed by atoms with Crippen LogP contribution in [-0.2, 0) is 0 Å². The molecule has 0 atom stereocenters. The van der Waals surface area contributed by atoms with Crippen LogP contribution in [0.4, 0.5) is 0 Å². The monoisotopic (exact) mass is 284 g/mol. The zero-order valence-electron chi connectivity index (χ0n) is 10.6. The molecule has 0 saturated carbocycles. The maximum absolute atomic E-state index is 3.45. The zero-order chi connectivity index (χ0) is 11.9. The lowest BCUT2D eigenvalue weighted by Gasteiger charge is -1.97. The third kappa shape index (κ3) is 13.8. The van der Waals surface area contributed by atoms with Crippen LogP contribution >= 0.6 is 15.9 Å². The summed E-state index contributed by atoms with van der Waals surface area (Å²) < 4.78 is 0. The van der Waals surface area contributed by atoms with Crippen molar-refractivity contribution in [3.8, 4) is 11.8 Å². The minimum absolute atomic E-state index is 1.06. The summed E-state index contributed by atoms with van der Waals surface area (Å²) in [4.78, 5) is 0. The van der Waals surface area contributed by atoms with E-state index in [0.717, 1.165) is 18.2 Å². The highest BCUT2D eigenvalue weighted by Crippen LogP contribution is 2.07. The first kappa shape index (κ1) is 15.8. The standard InChI is InChI=1S/C15H25Br/c1-2-3-4-5-6-7-8-9-10-11-12-13-14-15-16/h4-5H,2-3,8-15H2,1H3. The molecule has 0 aliphatic heterocycles. The molecule has 0 aliphatic rings. The predicted octanol–water partition coefficient (Wildman–Crippen LogP) is 5.47. The van der Waals surface area contributed by atoms with Crippen LogP contribution in [0.5, 0.6) is 0 Å². The number of hydrogen-bond donors (Lipinski definition) is 0. The van der Waals surface area contributed by atoms with Crippen molar-refractivity contribution in [3.63, 3.8) is 0 Å². The van der Waals surface area contributed by atoms with Crippen LogP contribution in [0.2, 0.25) is 0 Å². The Hall–Kier alpha value is -0.220. The van der Waals surface area contributed by atoms with Gasteiger partial charge in [-0.15, -0.1) is 0 Å². The molecule has 0 N–H and O–H groups in total. The van der Waals surface area contributed by atoms with Gasteiger partial charge in [0.25, 0.3) is 0 Å². The van der Waals surface area contributed by atoms with Crippen molar-refractivity contribution >= 4 is 15.9 Å². The highest BCUT2D eigenvalue weighted by Gasteiger charge is 1.89. The molecule has 0 heterocycles. The summed E-state index contributed by atoms with van der Waals surface area (Å²) in [5, 5.41) is 1.16. The molecule has 0 spiro atoms. The van der Waals surface area contributed by atoms with E-state index in [1.165, 1.54) is 44.9 Å². The molecule has 0 unspecified atom stereocenters. The Labute approximate surface area is 110 Å². The molecule has 0 aromatic heterocycles. The van der Waals surface area contributed by atoms with Crippen LogP contribution in [0.15, 0.2) is 12.2 Å². The fourth-order valence-corrected chi connectivity index (χ4v) is 1.85. The van der Waals surface area contributed by atoms with Gasteiger partial charge in [0, 0.05) is 11.8 Å². The molecule has 0 fully saturated rings. The lowest BCUT2D eigenvalue weighted by Crippen LogP contribution is -1.80. The van der Waals surface area contributed by atoms with Crippen LogP contribution in [-0.4, -0.2) is 5.33 Å². The van der Waals surface area contributed by atoms with Gasteiger partial charge in [0.15, 0.2) is 0 Å². The van der Waals surface area contributed by atoms with Gasteiger partial charge in [0.1, 0.15) is 0 Å². The predicted molar refractivity (Wildman–Crippen MR) is 77.9 cm³/mol. The molecule has 0 radical (unpaired) electrons. The number of alkyl halides is 1. The molecule has 0 amide bonds. The molecular weight excluding hydrogens is 260 g/mol. The Morgan fingerprint density at radius 1 is 1.00 bits per heavy atom. The molecule has 0 aromatic carbocycles.